The molecule has 2 saturated heterocycles. The van der Waals surface area contributed by atoms with Crippen molar-refractivity contribution in [2.45, 2.75) is 38.6 Å². The molecule has 0 saturated carbocycles. The van der Waals surface area contributed by atoms with Gasteiger partial charge in [0, 0.05) is 19.1 Å². The van der Waals surface area contributed by atoms with E-state index in [1.165, 1.54) is 0 Å². The second kappa shape index (κ2) is 6.18. The van der Waals surface area contributed by atoms with Crippen molar-refractivity contribution >= 4 is 11.8 Å². The van der Waals surface area contributed by atoms with E-state index in [2.05, 4.69) is 10.6 Å². The van der Waals surface area contributed by atoms with Gasteiger partial charge in [-0.1, -0.05) is 0 Å². The van der Waals surface area contributed by atoms with Crippen molar-refractivity contribution < 1.29 is 9.59 Å². The quantitative estimate of drug-likeness (QED) is 0.750. The van der Waals surface area contributed by atoms with E-state index in [9.17, 15) is 9.59 Å². The molecule has 2 aliphatic heterocycles. The summed E-state index contributed by atoms with van der Waals surface area (Å²) < 4.78 is 0. The van der Waals surface area contributed by atoms with Crippen molar-refractivity contribution in [2.75, 3.05) is 26.2 Å². The standard InChI is InChI=1S/C13H23N3O2/c1-10-11(5-4-6-14-10)13(18)15-9-12(17)16-7-2-3-8-16/h10-11,14H,2-9H2,1H3,(H,15,18). The number of likely N-dealkylation sites (tertiary alicyclic amines) is 1. The van der Waals surface area contributed by atoms with Crippen LogP contribution in [0.5, 0.6) is 0 Å². The van der Waals surface area contributed by atoms with Crippen molar-refractivity contribution in [1.29, 1.82) is 0 Å². The molecule has 0 bridgehead atoms. The fourth-order valence-corrected chi connectivity index (χ4v) is 2.77. The Kier molecular flexibility index (Phi) is 4.58. The molecule has 2 N–H and O–H groups in total. The average Bonchev–Trinajstić information content (AvgIpc) is 2.90. The summed E-state index contributed by atoms with van der Waals surface area (Å²) >= 11 is 0. The van der Waals surface area contributed by atoms with Crippen molar-refractivity contribution in [1.82, 2.24) is 15.5 Å². The molecule has 2 fully saturated rings. The van der Waals surface area contributed by atoms with Gasteiger partial charge in [0.2, 0.25) is 11.8 Å². The summed E-state index contributed by atoms with van der Waals surface area (Å²) in [5, 5.41) is 6.09. The first-order valence-corrected chi connectivity index (χ1v) is 6.97. The Balaban J connectivity index is 1.75. The monoisotopic (exact) mass is 253 g/mol. The molecule has 5 nitrogen and oxygen atoms in total. The molecule has 102 valence electrons. The lowest BCUT2D eigenvalue weighted by Crippen LogP contribution is -2.48. The SMILES string of the molecule is CC1NCCCC1C(=O)NCC(=O)N1CCCC1. The van der Waals surface area contributed by atoms with Crippen LogP contribution in [0.1, 0.15) is 32.6 Å². The van der Waals surface area contributed by atoms with Crippen LogP contribution in [0.4, 0.5) is 0 Å². The van der Waals surface area contributed by atoms with Crippen LogP contribution in [0, 0.1) is 5.92 Å². The van der Waals surface area contributed by atoms with Gasteiger partial charge in [0.15, 0.2) is 0 Å². The summed E-state index contributed by atoms with van der Waals surface area (Å²) in [7, 11) is 0. The third-order valence-electron chi connectivity index (χ3n) is 3.97. The summed E-state index contributed by atoms with van der Waals surface area (Å²) in [4.78, 5) is 25.7. The van der Waals surface area contributed by atoms with Crippen molar-refractivity contribution in [3.63, 3.8) is 0 Å². The van der Waals surface area contributed by atoms with Gasteiger partial charge in [0.25, 0.3) is 0 Å². The van der Waals surface area contributed by atoms with E-state index >= 15 is 0 Å². The number of carbonyl (C=O) groups is 2. The van der Waals surface area contributed by atoms with Crippen molar-refractivity contribution in [2.24, 2.45) is 5.92 Å². The van der Waals surface area contributed by atoms with E-state index in [1.54, 1.807) is 0 Å². The van der Waals surface area contributed by atoms with Crippen LogP contribution in [-0.2, 0) is 9.59 Å². The van der Waals surface area contributed by atoms with Gasteiger partial charge >= 0.3 is 0 Å². The zero-order valence-corrected chi connectivity index (χ0v) is 11.1. The molecule has 2 aliphatic rings. The molecule has 5 heteroatoms. The van der Waals surface area contributed by atoms with Gasteiger partial charge < -0.3 is 15.5 Å². The zero-order valence-electron chi connectivity index (χ0n) is 11.1. The third kappa shape index (κ3) is 3.22. The topological polar surface area (TPSA) is 61.4 Å². The van der Waals surface area contributed by atoms with Crippen LogP contribution in [-0.4, -0.2) is 48.9 Å². The molecule has 0 spiro atoms. The van der Waals surface area contributed by atoms with Gasteiger partial charge in [0.05, 0.1) is 12.5 Å². The lowest BCUT2D eigenvalue weighted by Gasteiger charge is -2.29. The van der Waals surface area contributed by atoms with Crippen LogP contribution < -0.4 is 10.6 Å². The fraction of sp³-hybridized carbons (Fsp3) is 0.846. The normalized spacial score (nSPS) is 28.2. The van der Waals surface area contributed by atoms with Crippen LogP contribution in [0.2, 0.25) is 0 Å². The Morgan fingerprint density at radius 1 is 1.28 bits per heavy atom. The van der Waals surface area contributed by atoms with Crippen LogP contribution in [0.15, 0.2) is 0 Å². The van der Waals surface area contributed by atoms with Gasteiger partial charge in [-0.2, -0.15) is 0 Å². The summed E-state index contributed by atoms with van der Waals surface area (Å²) in [6.45, 7) is 4.86. The van der Waals surface area contributed by atoms with Crippen molar-refractivity contribution in [3.05, 3.63) is 0 Å². The number of rotatable bonds is 3. The molecule has 2 heterocycles. The Morgan fingerprint density at radius 2 is 2.00 bits per heavy atom. The van der Waals surface area contributed by atoms with Gasteiger partial charge in [-0.15, -0.1) is 0 Å². The smallest absolute Gasteiger partial charge is 0.241 e. The fourth-order valence-electron chi connectivity index (χ4n) is 2.77. The Labute approximate surface area is 108 Å². The van der Waals surface area contributed by atoms with E-state index in [1.807, 2.05) is 11.8 Å². The van der Waals surface area contributed by atoms with Gasteiger partial charge in [-0.3, -0.25) is 9.59 Å². The number of nitrogens with one attached hydrogen (secondary N) is 2. The number of carbonyl (C=O) groups excluding carboxylic acids is 2. The highest BCUT2D eigenvalue weighted by Gasteiger charge is 2.28. The first kappa shape index (κ1) is 13.3. The summed E-state index contributed by atoms with van der Waals surface area (Å²) in [6.07, 6.45) is 4.12. The maximum Gasteiger partial charge on any atom is 0.241 e. The molecule has 2 atom stereocenters. The summed E-state index contributed by atoms with van der Waals surface area (Å²) in [6, 6.07) is 0.209. The predicted molar refractivity (Wildman–Crippen MR) is 69.0 cm³/mol. The molecule has 0 aromatic carbocycles. The Morgan fingerprint density at radius 3 is 2.67 bits per heavy atom. The highest BCUT2D eigenvalue weighted by Crippen LogP contribution is 2.16. The number of hydrogen-bond donors (Lipinski definition) is 2. The second-order valence-corrected chi connectivity index (χ2v) is 5.30. The molecule has 2 rings (SSSR count). The van der Waals surface area contributed by atoms with E-state index < -0.39 is 0 Å². The molecule has 18 heavy (non-hydrogen) atoms. The van der Waals surface area contributed by atoms with E-state index in [-0.39, 0.29) is 30.3 Å². The van der Waals surface area contributed by atoms with Crippen molar-refractivity contribution in [3.8, 4) is 0 Å². The van der Waals surface area contributed by atoms with Gasteiger partial charge in [0.1, 0.15) is 0 Å². The molecule has 2 amide bonds. The first-order valence-electron chi connectivity index (χ1n) is 6.97. The highest BCUT2D eigenvalue weighted by molar-refractivity contribution is 5.86. The lowest BCUT2D eigenvalue weighted by atomic mass is 9.91. The third-order valence-corrected chi connectivity index (χ3v) is 3.97. The minimum Gasteiger partial charge on any atom is -0.347 e. The van der Waals surface area contributed by atoms with Crippen LogP contribution in [0.3, 0.4) is 0 Å². The predicted octanol–water partition coefficient (Wildman–Crippen LogP) is 0.113. The minimum atomic E-state index is 0.00475. The minimum absolute atomic E-state index is 0.00475. The molecular weight excluding hydrogens is 230 g/mol. The maximum absolute atomic E-state index is 12.0. The first-order chi connectivity index (χ1) is 8.68. The summed E-state index contributed by atoms with van der Waals surface area (Å²) in [5.41, 5.74) is 0. The zero-order chi connectivity index (χ0) is 13.0. The largest absolute Gasteiger partial charge is 0.347 e. The van der Waals surface area contributed by atoms with Gasteiger partial charge in [-0.25, -0.2) is 0 Å². The molecule has 2 unspecified atom stereocenters. The Hall–Kier alpha value is -1.10. The van der Waals surface area contributed by atoms with E-state index in [0.29, 0.717) is 0 Å². The molecule has 0 aromatic heterocycles. The van der Waals surface area contributed by atoms with Crippen LogP contribution in [0.25, 0.3) is 0 Å². The molecule has 0 radical (unpaired) electrons. The number of hydrogen-bond acceptors (Lipinski definition) is 3. The average molecular weight is 253 g/mol. The lowest BCUT2D eigenvalue weighted by molar-refractivity contribution is -0.133. The number of amides is 2. The Bertz CT molecular complexity index is 313. The van der Waals surface area contributed by atoms with Gasteiger partial charge in [-0.05, 0) is 39.2 Å². The summed E-state index contributed by atoms with van der Waals surface area (Å²) in [5.74, 6) is 0.0737. The number of piperidine rings is 1. The number of nitrogens with zero attached hydrogens (tertiary/aromatic N) is 1. The molecule has 0 aliphatic carbocycles. The maximum atomic E-state index is 12.0. The molecular formula is C13H23N3O2. The highest BCUT2D eigenvalue weighted by atomic mass is 16.2. The van der Waals surface area contributed by atoms with Crippen LogP contribution >= 0.6 is 0 Å². The second-order valence-electron chi connectivity index (χ2n) is 5.30. The van der Waals surface area contributed by atoms with E-state index in [4.69, 9.17) is 0 Å². The van der Waals surface area contributed by atoms with E-state index in [0.717, 1.165) is 45.3 Å². The molecule has 0 aromatic rings.